The quantitative estimate of drug-likeness (QED) is 0.189. The molecule has 0 unspecified atom stereocenters. The molecule has 4 aromatic carbocycles. The van der Waals surface area contributed by atoms with Gasteiger partial charge in [0, 0.05) is 23.9 Å². The molecule has 0 aliphatic carbocycles. The molecule has 172 valence electrons. The van der Waals surface area contributed by atoms with E-state index in [1.165, 1.54) is 27.5 Å². The van der Waals surface area contributed by atoms with Crippen LogP contribution in [0.15, 0.2) is 122 Å². The summed E-state index contributed by atoms with van der Waals surface area (Å²) in [5.41, 5.74) is 4.04. The van der Waals surface area contributed by atoms with Crippen LogP contribution in [0.2, 0.25) is 0 Å². The molecule has 0 aliphatic heterocycles. The summed E-state index contributed by atoms with van der Waals surface area (Å²) in [5.74, 6) is 1.90. The number of hydrogen-bond acceptors (Lipinski definition) is 3. The molecular formula is C29H27ClN2S2. The van der Waals surface area contributed by atoms with Crippen LogP contribution in [0.25, 0.3) is 10.8 Å². The third kappa shape index (κ3) is 5.87. The fourth-order valence-corrected chi connectivity index (χ4v) is 6.93. The Morgan fingerprint density at radius 1 is 0.676 bits per heavy atom. The number of thioether (sulfide) groups is 2. The van der Waals surface area contributed by atoms with Gasteiger partial charge in [-0.15, -0.1) is 35.9 Å². The summed E-state index contributed by atoms with van der Waals surface area (Å²) in [6.45, 7) is 0.848. The van der Waals surface area contributed by atoms with Gasteiger partial charge in [-0.2, -0.15) is 0 Å². The van der Waals surface area contributed by atoms with E-state index >= 15 is 0 Å². The van der Waals surface area contributed by atoms with E-state index in [9.17, 15) is 0 Å². The molecule has 1 aromatic heterocycles. The van der Waals surface area contributed by atoms with Crippen LogP contribution >= 0.6 is 35.9 Å². The number of hydrogen-bond donors (Lipinski definition) is 0. The molecule has 0 bridgehead atoms. The van der Waals surface area contributed by atoms with Gasteiger partial charge in [-0.3, -0.25) is 0 Å². The van der Waals surface area contributed by atoms with Gasteiger partial charge in [-0.05, 0) is 33.5 Å². The fraction of sp³-hybridized carbons (Fsp3) is 0.138. The van der Waals surface area contributed by atoms with Crippen LogP contribution in [-0.4, -0.2) is 9.55 Å². The lowest BCUT2D eigenvalue weighted by Gasteiger charge is -2.34. The average Bonchev–Trinajstić information content (AvgIpc) is 3.40. The predicted molar refractivity (Wildman–Crippen MR) is 151 cm³/mol. The van der Waals surface area contributed by atoms with Gasteiger partial charge in [0.05, 0.1) is 12.9 Å². The fourth-order valence-electron chi connectivity index (χ4n) is 3.99. The van der Waals surface area contributed by atoms with E-state index in [1.54, 1.807) is 0 Å². The molecule has 0 saturated carbocycles. The first-order chi connectivity index (χ1) is 16.3. The first-order valence-electron chi connectivity index (χ1n) is 11.1. The van der Waals surface area contributed by atoms with Gasteiger partial charge in [0.25, 0.3) is 0 Å². The second-order valence-electron chi connectivity index (χ2n) is 8.10. The van der Waals surface area contributed by atoms with Crippen LogP contribution in [0.3, 0.4) is 0 Å². The summed E-state index contributed by atoms with van der Waals surface area (Å²) in [4.78, 5) is 4.33. The highest BCUT2D eigenvalue weighted by Crippen LogP contribution is 2.51. The van der Waals surface area contributed by atoms with Gasteiger partial charge in [-0.1, -0.05) is 97.1 Å². The van der Waals surface area contributed by atoms with Crippen LogP contribution in [-0.2, 0) is 22.1 Å². The van der Waals surface area contributed by atoms with Gasteiger partial charge >= 0.3 is 0 Å². The molecule has 0 amide bonds. The van der Waals surface area contributed by atoms with Gasteiger partial charge < -0.3 is 4.57 Å². The van der Waals surface area contributed by atoms with E-state index in [-0.39, 0.29) is 16.5 Å². The normalized spacial score (nSPS) is 11.3. The van der Waals surface area contributed by atoms with Crippen molar-refractivity contribution in [3.05, 3.63) is 139 Å². The van der Waals surface area contributed by atoms with E-state index in [4.69, 9.17) is 0 Å². The molecule has 5 rings (SSSR count). The van der Waals surface area contributed by atoms with Crippen molar-refractivity contribution >= 4 is 46.7 Å². The van der Waals surface area contributed by atoms with E-state index in [0.717, 1.165) is 18.1 Å². The topological polar surface area (TPSA) is 17.8 Å². The molecule has 2 nitrogen and oxygen atoms in total. The van der Waals surface area contributed by atoms with Gasteiger partial charge in [-0.25, -0.2) is 4.98 Å². The van der Waals surface area contributed by atoms with Gasteiger partial charge in [0.2, 0.25) is 0 Å². The molecule has 0 radical (unpaired) electrons. The Labute approximate surface area is 216 Å². The van der Waals surface area contributed by atoms with Crippen molar-refractivity contribution in [2.24, 2.45) is 0 Å². The smallest absolute Gasteiger partial charge is 0.105 e. The lowest BCUT2D eigenvalue weighted by molar-refractivity contribution is 0.649. The maximum atomic E-state index is 4.33. The molecule has 0 saturated heterocycles. The van der Waals surface area contributed by atoms with E-state index < -0.39 is 0 Å². The van der Waals surface area contributed by atoms with E-state index in [0.29, 0.717) is 0 Å². The number of benzene rings is 4. The number of halogens is 1. The Kier molecular flexibility index (Phi) is 8.39. The Balaban J connectivity index is 0.00000274. The van der Waals surface area contributed by atoms with Gasteiger partial charge in [0.15, 0.2) is 0 Å². The number of fused-ring (bicyclic) bond motifs is 1. The SMILES string of the molecule is Cl.c1ccc(CSC(Cn2ccnc2)(SCc2ccccc2)c2ccc3ccccc3c2)cc1. The Hall–Kier alpha value is -2.66. The van der Waals surface area contributed by atoms with Crippen molar-refractivity contribution in [2.45, 2.75) is 22.1 Å². The van der Waals surface area contributed by atoms with E-state index in [1.807, 2.05) is 36.0 Å². The van der Waals surface area contributed by atoms with Crippen molar-refractivity contribution in [2.75, 3.05) is 0 Å². The number of aromatic nitrogens is 2. The Bertz CT molecular complexity index is 1250. The molecule has 0 N–H and O–H groups in total. The molecule has 0 fully saturated rings. The molecular weight excluding hydrogens is 476 g/mol. The summed E-state index contributed by atoms with van der Waals surface area (Å²) in [7, 11) is 0. The minimum atomic E-state index is -0.170. The summed E-state index contributed by atoms with van der Waals surface area (Å²) in [5, 5.41) is 2.56. The molecule has 0 aliphatic rings. The lowest BCUT2D eigenvalue weighted by Crippen LogP contribution is -2.25. The molecule has 0 spiro atoms. The highest BCUT2D eigenvalue weighted by Gasteiger charge is 2.34. The predicted octanol–water partition coefficient (Wildman–Crippen LogP) is 8.18. The van der Waals surface area contributed by atoms with Crippen molar-refractivity contribution in [3.8, 4) is 0 Å². The zero-order valence-corrected chi connectivity index (χ0v) is 21.2. The maximum Gasteiger partial charge on any atom is 0.105 e. The van der Waals surface area contributed by atoms with E-state index in [2.05, 4.69) is 119 Å². The number of rotatable bonds is 9. The van der Waals surface area contributed by atoms with Gasteiger partial charge in [0.1, 0.15) is 4.08 Å². The number of imidazole rings is 1. The molecule has 0 atom stereocenters. The third-order valence-corrected chi connectivity index (χ3v) is 9.09. The lowest BCUT2D eigenvalue weighted by atomic mass is 10.0. The zero-order chi connectivity index (χ0) is 22.3. The summed E-state index contributed by atoms with van der Waals surface area (Å²) >= 11 is 4.03. The van der Waals surface area contributed by atoms with Crippen LogP contribution in [0.4, 0.5) is 0 Å². The molecule has 5 aromatic rings. The third-order valence-electron chi connectivity index (χ3n) is 5.77. The maximum absolute atomic E-state index is 4.33. The largest absolute Gasteiger partial charge is 0.335 e. The Morgan fingerprint density at radius 2 is 1.26 bits per heavy atom. The van der Waals surface area contributed by atoms with Crippen LogP contribution in [0, 0.1) is 0 Å². The first kappa shape index (κ1) is 24.5. The highest BCUT2D eigenvalue weighted by atomic mass is 35.5. The van der Waals surface area contributed by atoms with Crippen LogP contribution < -0.4 is 0 Å². The summed E-state index contributed by atoms with van der Waals surface area (Å²) in [6, 6.07) is 37.1. The van der Waals surface area contributed by atoms with Crippen LogP contribution in [0.5, 0.6) is 0 Å². The minimum Gasteiger partial charge on any atom is -0.335 e. The zero-order valence-electron chi connectivity index (χ0n) is 18.8. The van der Waals surface area contributed by atoms with Crippen molar-refractivity contribution in [1.29, 1.82) is 0 Å². The monoisotopic (exact) mass is 502 g/mol. The second-order valence-corrected chi connectivity index (χ2v) is 10.9. The standard InChI is InChI=1S/C29H26N2S2.ClH/c1-3-9-24(10-4-1)20-32-29(22-31-18-17-30-23-31,33-21-25-11-5-2-6-12-25)28-16-15-26-13-7-8-14-27(26)19-28;/h1-19,23H,20-22H2;1H. The highest BCUT2D eigenvalue weighted by molar-refractivity contribution is 8.16. The van der Waals surface area contributed by atoms with Crippen LogP contribution in [0.1, 0.15) is 16.7 Å². The van der Waals surface area contributed by atoms with Crippen molar-refractivity contribution in [3.63, 3.8) is 0 Å². The average molecular weight is 503 g/mol. The molecule has 1 heterocycles. The second kappa shape index (κ2) is 11.7. The number of nitrogens with zero attached hydrogens (tertiary/aromatic N) is 2. The first-order valence-corrected chi connectivity index (χ1v) is 13.1. The summed E-state index contributed by atoms with van der Waals surface area (Å²) < 4.78 is 2.04. The Morgan fingerprint density at radius 3 is 1.85 bits per heavy atom. The van der Waals surface area contributed by atoms with Crippen molar-refractivity contribution < 1.29 is 0 Å². The minimum absolute atomic E-state index is 0. The molecule has 34 heavy (non-hydrogen) atoms. The molecule has 5 heteroatoms. The van der Waals surface area contributed by atoms with Crippen molar-refractivity contribution in [1.82, 2.24) is 9.55 Å². The summed E-state index contributed by atoms with van der Waals surface area (Å²) in [6.07, 6.45) is 5.87.